The van der Waals surface area contributed by atoms with E-state index in [2.05, 4.69) is 25.9 Å². The molecule has 1 N–H and O–H groups in total. The number of aromatic nitrogens is 1. The van der Waals surface area contributed by atoms with Crippen molar-refractivity contribution in [2.75, 3.05) is 27.3 Å². The van der Waals surface area contributed by atoms with Crippen LogP contribution in [0, 0.1) is 11.8 Å². The second-order valence-electron chi connectivity index (χ2n) is 16.2. The molecular weight excluding hydrogens is 669 g/mol. The van der Waals surface area contributed by atoms with Crippen LogP contribution in [0.1, 0.15) is 129 Å². The summed E-state index contributed by atoms with van der Waals surface area (Å²) in [5, 5.41) is 16.7. The van der Waals surface area contributed by atoms with Gasteiger partial charge in [-0.25, -0.2) is 0 Å². The average Bonchev–Trinajstić information content (AvgIpc) is 3.45. The van der Waals surface area contributed by atoms with Crippen LogP contribution in [0.5, 0.6) is 17.4 Å². The summed E-state index contributed by atoms with van der Waals surface area (Å²) in [7, 11) is 0.935. The van der Waals surface area contributed by atoms with Crippen molar-refractivity contribution in [1.29, 1.82) is 0 Å². The van der Waals surface area contributed by atoms with Gasteiger partial charge < -0.3 is 28.3 Å². The second kappa shape index (κ2) is 14.5. The van der Waals surface area contributed by atoms with Crippen molar-refractivity contribution in [3.8, 4) is 17.4 Å². The Morgan fingerprint density at radius 2 is 1.75 bits per heavy atom. The number of carbonyl (C=O) groups is 3. The lowest BCUT2D eigenvalue weighted by molar-refractivity contribution is -0.0481. The number of benzene rings is 1. The van der Waals surface area contributed by atoms with Gasteiger partial charge in [-0.1, -0.05) is 47.5 Å². The van der Waals surface area contributed by atoms with Gasteiger partial charge >= 0.3 is 0 Å². The smallest absolute Gasteiger partial charge is 0.265 e. The van der Waals surface area contributed by atoms with Gasteiger partial charge in [0.15, 0.2) is 31.7 Å². The Morgan fingerprint density at radius 3 is 2.31 bits per heavy atom. The summed E-state index contributed by atoms with van der Waals surface area (Å²) in [5.74, 6) is -1.51. The number of aliphatic hydroxyl groups is 1. The molecule has 2 aromatic rings. The minimum Gasteiger partial charge on any atom is -0.508 e. The Kier molecular flexibility index (Phi) is 11.0. The third-order valence-electron chi connectivity index (χ3n) is 11.0. The number of aldehydes is 1. The van der Waals surface area contributed by atoms with Gasteiger partial charge in [0.25, 0.3) is 5.88 Å². The number of ether oxygens (including phenoxy) is 3. The van der Waals surface area contributed by atoms with Crippen molar-refractivity contribution in [3.63, 3.8) is 0 Å². The largest absolute Gasteiger partial charge is 0.508 e. The summed E-state index contributed by atoms with van der Waals surface area (Å²) >= 11 is 0. The van der Waals surface area contributed by atoms with E-state index in [1.54, 1.807) is 6.07 Å². The number of nitrogens with zero attached hydrogens (tertiary/aromatic N) is 2. The molecule has 4 atom stereocenters. The minimum absolute atomic E-state index is 0.0654. The topological polar surface area (TPSA) is 138 Å². The SMILES string of the molecule is CCCCOc1cc(C=O)c(OC(C)C)c2c1C(=O)C1=C(O)[C@]3(O[Si](C)(C)C(C)(C)C)C(=O)c4c(OCCCC)noc4[C@@H](N(C)C)C3C[C@@H]1C2. The Morgan fingerprint density at radius 1 is 1.10 bits per heavy atom. The van der Waals surface area contributed by atoms with Crippen LogP contribution in [-0.2, 0) is 10.8 Å². The molecule has 1 aromatic heterocycles. The molecule has 0 saturated heterocycles. The number of aliphatic hydroxyl groups excluding tert-OH is 1. The number of unbranched alkanes of at least 4 members (excludes halogenated alkanes) is 2. The predicted molar refractivity (Wildman–Crippen MR) is 196 cm³/mol. The summed E-state index contributed by atoms with van der Waals surface area (Å²) in [4.78, 5) is 44.7. The van der Waals surface area contributed by atoms with E-state index in [0.29, 0.717) is 42.3 Å². The Hall–Kier alpha value is -3.48. The van der Waals surface area contributed by atoms with E-state index < -0.39 is 43.4 Å². The second-order valence-corrected chi connectivity index (χ2v) is 21.0. The van der Waals surface area contributed by atoms with Crippen LogP contribution in [0.4, 0.5) is 0 Å². The van der Waals surface area contributed by atoms with Gasteiger partial charge in [0.2, 0.25) is 5.78 Å². The third kappa shape index (κ3) is 6.56. The average molecular weight is 725 g/mol. The van der Waals surface area contributed by atoms with Crippen LogP contribution in [-0.4, -0.2) is 80.3 Å². The van der Waals surface area contributed by atoms with Gasteiger partial charge in [-0.05, 0) is 88.9 Å². The molecule has 11 nitrogen and oxygen atoms in total. The van der Waals surface area contributed by atoms with E-state index in [-0.39, 0.29) is 51.7 Å². The first kappa shape index (κ1) is 38.7. The number of allylic oxidation sites excluding steroid dienone is 1. The zero-order chi connectivity index (χ0) is 37.6. The zero-order valence-corrected chi connectivity index (χ0v) is 33.2. The van der Waals surface area contributed by atoms with Crippen LogP contribution in [0.25, 0.3) is 0 Å². The first-order chi connectivity index (χ1) is 24.0. The molecule has 0 fully saturated rings. The molecule has 1 heterocycles. The van der Waals surface area contributed by atoms with E-state index in [0.717, 1.165) is 32.0 Å². The number of ketones is 2. The Balaban J connectivity index is 1.81. The van der Waals surface area contributed by atoms with E-state index in [1.165, 1.54) is 0 Å². The van der Waals surface area contributed by atoms with Crippen molar-refractivity contribution in [1.82, 2.24) is 10.1 Å². The normalized spacial score (nSPS) is 23.2. The van der Waals surface area contributed by atoms with Gasteiger partial charge in [-0.15, -0.1) is 0 Å². The molecule has 1 aromatic carbocycles. The van der Waals surface area contributed by atoms with E-state index in [9.17, 15) is 9.90 Å². The number of rotatable bonds is 14. The van der Waals surface area contributed by atoms with Crippen molar-refractivity contribution >= 4 is 26.2 Å². The number of hydrogen-bond donors (Lipinski definition) is 1. The highest BCUT2D eigenvalue weighted by molar-refractivity contribution is 6.74. The highest BCUT2D eigenvalue weighted by Gasteiger charge is 2.67. The monoisotopic (exact) mass is 724 g/mol. The summed E-state index contributed by atoms with van der Waals surface area (Å²) in [5.41, 5.74) is -0.535. The summed E-state index contributed by atoms with van der Waals surface area (Å²) in [6, 6.07) is 0.999. The summed E-state index contributed by atoms with van der Waals surface area (Å²) in [6.07, 6.45) is 4.29. The summed E-state index contributed by atoms with van der Waals surface area (Å²) in [6.45, 7) is 18.8. The van der Waals surface area contributed by atoms with Crippen molar-refractivity contribution < 1.29 is 42.6 Å². The lowest BCUT2D eigenvalue weighted by Gasteiger charge is -2.55. The highest BCUT2D eigenvalue weighted by atomic mass is 28.4. The van der Waals surface area contributed by atoms with Crippen LogP contribution in [0.3, 0.4) is 0 Å². The van der Waals surface area contributed by atoms with Crippen LogP contribution >= 0.6 is 0 Å². The number of carbonyl (C=O) groups excluding carboxylic acids is 3. The Bertz CT molecular complexity index is 1700. The maximum atomic E-state index is 15.3. The lowest BCUT2D eigenvalue weighted by atomic mass is 9.58. The van der Waals surface area contributed by atoms with Gasteiger partial charge in [0, 0.05) is 17.1 Å². The molecule has 3 aliphatic rings. The van der Waals surface area contributed by atoms with Gasteiger partial charge in [-0.2, -0.15) is 0 Å². The quantitative estimate of drug-likeness (QED) is 0.115. The van der Waals surface area contributed by atoms with Crippen LogP contribution in [0.15, 0.2) is 21.9 Å². The predicted octanol–water partition coefficient (Wildman–Crippen LogP) is 8.08. The molecule has 1 unspecified atom stereocenters. The molecule has 12 heteroatoms. The lowest BCUT2D eigenvalue weighted by Crippen LogP contribution is -2.65. The van der Waals surface area contributed by atoms with Gasteiger partial charge in [-0.3, -0.25) is 19.3 Å². The Labute approximate surface area is 303 Å². The fourth-order valence-corrected chi connectivity index (χ4v) is 8.96. The zero-order valence-electron chi connectivity index (χ0n) is 32.2. The molecule has 0 bridgehead atoms. The van der Waals surface area contributed by atoms with E-state index in [4.69, 9.17) is 23.2 Å². The fraction of sp³-hybridized carbons (Fsp3) is 0.641. The molecule has 0 spiro atoms. The van der Waals surface area contributed by atoms with Crippen molar-refractivity contribution in [2.24, 2.45) is 11.8 Å². The molecule has 3 aliphatic carbocycles. The molecule has 0 amide bonds. The highest BCUT2D eigenvalue weighted by Crippen LogP contribution is 2.60. The van der Waals surface area contributed by atoms with Gasteiger partial charge in [0.1, 0.15) is 22.8 Å². The van der Waals surface area contributed by atoms with E-state index in [1.807, 2.05) is 59.8 Å². The van der Waals surface area contributed by atoms with Crippen LogP contribution < -0.4 is 14.2 Å². The molecule has 0 saturated carbocycles. The molecule has 0 aliphatic heterocycles. The van der Waals surface area contributed by atoms with Crippen LogP contribution in [0.2, 0.25) is 18.1 Å². The summed E-state index contributed by atoms with van der Waals surface area (Å²) < 4.78 is 31.6. The minimum atomic E-state index is -2.85. The van der Waals surface area contributed by atoms with Crippen molar-refractivity contribution in [3.05, 3.63) is 45.4 Å². The standard InChI is InChI=1S/C39H56N2O9Si/c1-12-14-16-46-27-20-24(21-42)33(48-22(3)4)25-18-23-19-26-31(41(8)9)34-30(37(40-49-34)47-17-15-13-2)36(45)39(26,50-51(10,11)38(5,6)7)35(44)28(23)32(43)29(25)27/h20-23,26,31,44H,12-19H2,1-11H3/t23-,26?,31-,39-/m0/s1. The van der Waals surface area contributed by atoms with Crippen molar-refractivity contribution in [2.45, 2.75) is 123 Å². The molecule has 0 radical (unpaired) electrons. The number of hydrogen-bond acceptors (Lipinski definition) is 11. The molecule has 51 heavy (non-hydrogen) atoms. The molecule has 280 valence electrons. The number of Topliss-reactive ketones (excluding diaryl/α,β-unsaturated/α-hetero) is 2. The van der Waals surface area contributed by atoms with E-state index >= 15 is 9.59 Å². The fourth-order valence-electron chi connectivity index (χ4n) is 7.51. The number of fused-ring (bicyclic) bond motifs is 4. The molecular formula is C39H56N2O9Si. The first-order valence-corrected chi connectivity index (χ1v) is 21.3. The third-order valence-corrected chi connectivity index (χ3v) is 15.5. The maximum Gasteiger partial charge on any atom is 0.265 e. The van der Waals surface area contributed by atoms with Gasteiger partial charge in [0.05, 0.1) is 36.5 Å². The maximum absolute atomic E-state index is 15.3. The first-order valence-electron chi connectivity index (χ1n) is 18.4. The molecule has 5 rings (SSSR count).